The number of nitrogens with one attached hydrogen (secondary N) is 2. The topological polar surface area (TPSA) is 83.1 Å². The molecule has 1 unspecified atom stereocenters. The number of amides is 1. The second-order valence-corrected chi connectivity index (χ2v) is 6.40. The largest absolute Gasteiger partial charge is 0.447 e. The van der Waals surface area contributed by atoms with Gasteiger partial charge in [0.1, 0.15) is 12.4 Å². The Balaban J connectivity index is 0.000000659. The van der Waals surface area contributed by atoms with E-state index in [1.54, 1.807) is 12.3 Å². The third-order valence-electron chi connectivity index (χ3n) is 4.10. The van der Waals surface area contributed by atoms with Gasteiger partial charge in [0.25, 0.3) is 0 Å². The van der Waals surface area contributed by atoms with Crippen LogP contribution in [-0.2, 0) is 4.74 Å². The molecule has 4 rings (SSSR count). The number of carbonyl (C=O) groups is 1. The summed E-state index contributed by atoms with van der Waals surface area (Å²) in [5.74, 6) is 1.03. The lowest BCUT2D eigenvalue weighted by Crippen LogP contribution is -2.25. The van der Waals surface area contributed by atoms with Crippen molar-refractivity contribution in [3.63, 3.8) is 0 Å². The molecule has 27 heavy (non-hydrogen) atoms. The zero-order valence-electron chi connectivity index (χ0n) is 15.9. The highest BCUT2D eigenvalue weighted by Gasteiger charge is 2.25. The number of aromatic nitrogens is 3. The first-order valence-corrected chi connectivity index (χ1v) is 9.23. The molecule has 1 aliphatic heterocycles. The van der Waals surface area contributed by atoms with E-state index in [4.69, 9.17) is 4.74 Å². The fourth-order valence-electron chi connectivity index (χ4n) is 2.79. The van der Waals surface area contributed by atoms with E-state index in [0.717, 1.165) is 16.5 Å². The Kier molecular flexibility index (Phi) is 5.90. The van der Waals surface area contributed by atoms with Crippen LogP contribution in [0.25, 0.3) is 10.9 Å². The van der Waals surface area contributed by atoms with Crippen molar-refractivity contribution >= 4 is 28.8 Å². The lowest BCUT2D eigenvalue weighted by Gasteiger charge is -2.16. The highest BCUT2D eigenvalue weighted by molar-refractivity contribution is 5.88. The minimum Gasteiger partial charge on any atom is -0.447 e. The Hall–Kier alpha value is -3.09. The number of fused-ring (bicyclic) bond motifs is 1. The summed E-state index contributed by atoms with van der Waals surface area (Å²) in [4.78, 5) is 25.0. The molecule has 3 heterocycles. The Morgan fingerprint density at radius 3 is 2.85 bits per heavy atom. The van der Waals surface area contributed by atoms with Crippen LogP contribution in [0.3, 0.4) is 0 Å². The standard InChI is InChI=1S/C17H17N5O2.C3H8/c1-11(12-2-3-14-13(10-12)4-6-18-14)20-16-19-7-5-15(21-16)22-8-9-24-17(22)23;1-3-2/h2-7,10-11,18H,8-9H2,1H3,(H,19,20,21);3H2,1-2H3. The number of carbonyl (C=O) groups excluding carboxylic acids is 1. The predicted octanol–water partition coefficient (Wildman–Crippen LogP) is 4.50. The van der Waals surface area contributed by atoms with E-state index >= 15 is 0 Å². The number of aromatic amines is 1. The molecule has 0 aliphatic carbocycles. The van der Waals surface area contributed by atoms with Crippen molar-refractivity contribution in [2.75, 3.05) is 23.4 Å². The molecule has 1 aromatic carbocycles. The van der Waals surface area contributed by atoms with Gasteiger partial charge in [0.05, 0.1) is 12.6 Å². The van der Waals surface area contributed by atoms with E-state index in [1.165, 1.54) is 11.3 Å². The first kappa shape index (κ1) is 18.7. The smallest absolute Gasteiger partial charge is 0.415 e. The number of hydrogen-bond donors (Lipinski definition) is 2. The molecule has 7 nitrogen and oxygen atoms in total. The molecule has 0 spiro atoms. The van der Waals surface area contributed by atoms with Crippen LogP contribution in [0.5, 0.6) is 0 Å². The van der Waals surface area contributed by atoms with Crippen LogP contribution in [0.2, 0.25) is 0 Å². The summed E-state index contributed by atoms with van der Waals surface area (Å²) >= 11 is 0. The number of H-pyrrole nitrogens is 1. The number of cyclic esters (lactones) is 1. The minimum atomic E-state index is -0.370. The zero-order valence-corrected chi connectivity index (χ0v) is 15.9. The van der Waals surface area contributed by atoms with Crippen LogP contribution < -0.4 is 10.2 Å². The Bertz CT molecular complexity index is 908. The summed E-state index contributed by atoms with van der Waals surface area (Å²) in [5.41, 5.74) is 2.24. The summed E-state index contributed by atoms with van der Waals surface area (Å²) in [6, 6.07) is 10.0. The van der Waals surface area contributed by atoms with Crippen molar-refractivity contribution < 1.29 is 9.53 Å². The molecule has 1 atom stereocenters. The third-order valence-corrected chi connectivity index (χ3v) is 4.10. The van der Waals surface area contributed by atoms with Crippen molar-refractivity contribution in [2.45, 2.75) is 33.2 Å². The molecule has 1 saturated heterocycles. The quantitative estimate of drug-likeness (QED) is 0.709. The molecular weight excluding hydrogens is 342 g/mol. The average Bonchev–Trinajstić information content (AvgIpc) is 3.30. The summed E-state index contributed by atoms with van der Waals surface area (Å²) in [5, 5.41) is 4.45. The summed E-state index contributed by atoms with van der Waals surface area (Å²) in [6.45, 7) is 7.20. The Morgan fingerprint density at radius 2 is 2.11 bits per heavy atom. The maximum atomic E-state index is 11.6. The van der Waals surface area contributed by atoms with Crippen LogP contribution in [-0.4, -0.2) is 34.2 Å². The van der Waals surface area contributed by atoms with Crippen molar-refractivity contribution in [2.24, 2.45) is 0 Å². The molecule has 2 N–H and O–H groups in total. The van der Waals surface area contributed by atoms with Gasteiger partial charge in [-0.05, 0) is 42.1 Å². The molecule has 1 fully saturated rings. The summed E-state index contributed by atoms with van der Waals surface area (Å²) < 4.78 is 4.95. The van der Waals surface area contributed by atoms with Gasteiger partial charge < -0.3 is 15.0 Å². The van der Waals surface area contributed by atoms with Gasteiger partial charge in [-0.3, -0.25) is 4.90 Å². The van der Waals surface area contributed by atoms with Crippen molar-refractivity contribution in [1.82, 2.24) is 15.0 Å². The van der Waals surface area contributed by atoms with Gasteiger partial charge in [-0.2, -0.15) is 4.98 Å². The number of benzene rings is 1. The number of ether oxygens (including phenoxy) is 1. The third kappa shape index (κ3) is 4.36. The lowest BCUT2D eigenvalue weighted by atomic mass is 10.1. The number of nitrogens with zero attached hydrogens (tertiary/aromatic N) is 3. The lowest BCUT2D eigenvalue weighted by molar-refractivity contribution is 0.181. The van der Waals surface area contributed by atoms with Crippen LogP contribution in [0.15, 0.2) is 42.7 Å². The molecule has 2 aromatic heterocycles. The van der Waals surface area contributed by atoms with Gasteiger partial charge in [-0.15, -0.1) is 0 Å². The number of hydrogen-bond acceptors (Lipinski definition) is 5. The van der Waals surface area contributed by atoms with Gasteiger partial charge in [0.2, 0.25) is 5.95 Å². The SMILES string of the molecule is CC(Nc1nccc(N2CCOC2=O)n1)c1ccc2[nH]ccc2c1.CCC. The molecule has 3 aromatic rings. The first-order chi connectivity index (χ1) is 13.1. The van der Waals surface area contributed by atoms with Crippen LogP contribution in [0.4, 0.5) is 16.6 Å². The number of anilines is 2. The summed E-state index contributed by atoms with van der Waals surface area (Å²) in [6.07, 6.45) is 4.44. The van der Waals surface area contributed by atoms with Crippen LogP contribution in [0, 0.1) is 0 Å². The van der Waals surface area contributed by atoms with E-state index in [9.17, 15) is 4.79 Å². The van der Waals surface area contributed by atoms with E-state index in [-0.39, 0.29) is 12.1 Å². The monoisotopic (exact) mass is 367 g/mol. The number of rotatable bonds is 4. The van der Waals surface area contributed by atoms with Gasteiger partial charge in [-0.25, -0.2) is 9.78 Å². The second kappa shape index (κ2) is 8.53. The Morgan fingerprint density at radius 1 is 1.30 bits per heavy atom. The van der Waals surface area contributed by atoms with Crippen molar-refractivity contribution in [3.05, 3.63) is 48.3 Å². The minimum absolute atomic E-state index is 0.0325. The van der Waals surface area contributed by atoms with Gasteiger partial charge in [-0.1, -0.05) is 26.3 Å². The van der Waals surface area contributed by atoms with E-state index < -0.39 is 0 Å². The van der Waals surface area contributed by atoms with E-state index in [0.29, 0.717) is 24.9 Å². The molecule has 0 bridgehead atoms. The fraction of sp³-hybridized carbons (Fsp3) is 0.350. The molecule has 142 valence electrons. The van der Waals surface area contributed by atoms with Crippen LogP contribution >= 0.6 is 0 Å². The fourth-order valence-corrected chi connectivity index (χ4v) is 2.79. The molecule has 1 aliphatic rings. The molecular formula is C20H25N5O2. The van der Waals surface area contributed by atoms with Gasteiger partial charge in [0.15, 0.2) is 0 Å². The molecule has 7 heteroatoms. The normalized spacial score (nSPS) is 14.5. The second-order valence-electron chi connectivity index (χ2n) is 6.40. The first-order valence-electron chi connectivity index (χ1n) is 9.23. The average molecular weight is 367 g/mol. The summed E-state index contributed by atoms with van der Waals surface area (Å²) in [7, 11) is 0. The maximum absolute atomic E-state index is 11.6. The van der Waals surface area contributed by atoms with Crippen molar-refractivity contribution in [3.8, 4) is 0 Å². The van der Waals surface area contributed by atoms with E-state index in [2.05, 4.69) is 52.3 Å². The van der Waals surface area contributed by atoms with Crippen LogP contribution in [0.1, 0.15) is 38.8 Å². The zero-order chi connectivity index (χ0) is 19.2. The molecule has 0 radical (unpaired) electrons. The molecule has 1 amide bonds. The van der Waals surface area contributed by atoms with Gasteiger partial charge >= 0.3 is 6.09 Å². The highest BCUT2D eigenvalue weighted by Crippen LogP contribution is 2.23. The highest BCUT2D eigenvalue weighted by atomic mass is 16.6. The predicted molar refractivity (Wildman–Crippen MR) is 107 cm³/mol. The van der Waals surface area contributed by atoms with E-state index in [1.807, 2.05) is 19.2 Å². The van der Waals surface area contributed by atoms with Gasteiger partial charge in [0, 0.05) is 17.9 Å². The molecule has 0 saturated carbocycles. The Labute approximate surface area is 158 Å². The van der Waals surface area contributed by atoms with Crippen molar-refractivity contribution in [1.29, 1.82) is 0 Å². The maximum Gasteiger partial charge on any atom is 0.415 e.